The number of hydrogen-bond acceptors (Lipinski definition) is 5. The topological polar surface area (TPSA) is 112 Å². The van der Waals surface area contributed by atoms with Gasteiger partial charge in [0.05, 0.1) is 12.2 Å². The molecule has 4 atom stereocenters. The summed E-state index contributed by atoms with van der Waals surface area (Å²) < 4.78 is 0. The second-order valence-corrected chi connectivity index (χ2v) is 8.69. The van der Waals surface area contributed by atoms with Crippen molar-refractivity contribution in [2.45, 2.75) is 90.8 Å². The smallest absolute Gasteiger partial charge is 0.303 e. The van der Waals surface area contributed by atoms with Crippen molar-refractivity contribution in [2.75, 3.05) is 0 Å². The number of carboxylic acid groups (broad SMARTS) is 1. The number of Topliss-reactive ketones (excluding diaryl/α,β-unsaturated/α-hetero) is 2. The van der Waals surface area contributed by atoms with Gasteiger partial charge < -0.3 is 15.3 Å². The van der Waals surface area contributed by atoms with E-state index in [2.05, 4.69) is 6.92 Å². The minimum Gasteiger partial charge on any atom is -0.481 e. The molecule has 0 aliphatic heterocycles. The Morgan fingerprint density at radius 1 is 1.21 bits per heavy atom. The molecular weight excluding hydrogens is 360 g/mol. The van der Waals surface area contributed by atoms with Crippen LogP contribution in [0.5, 0.6) is 0 Å². The molecule has 6 heteroatoms. The van der Waals surface area contributed by atoms with E-state index in [9.17, 15) is 24.6 Å². The summed E-state index contributed by atoms with van der Waals surface area (Å²) in [4.78, 5) is 35.0. The van der Waals surface area contributed by atoms with E-state index in [0.717, 1.165) is 19.3 Å². The van der Waals surface area contributed by atoms with Crippen LogP contribution in [0.25, 0.3) is 0 Å². The molecule has 0 saturated heterocycles. The van der Waals surface area contributed by atoms with Gasteiger partial charge in [0.2, 0.25) is 0 Å². The van der Waals surface area contributed by atoms with E-state index in [4.69, 9.17) is 5.11 Å². The van der Waals surface area contributed by atoms with Crippen LogP contribution in [0.15, 0.2) is 12.2 Å². The molecule has 160 valence electrons. The molecule has 1 fully saturated rings. The Labute approximate surface area is 168 Å². The molecule has 1 saturated carbocycles. The highest BCUT2D eigenvalue weighted by atomic mass is 16.4. The monoisotopic (exact) mass is 396 g/mol. The summed E-state index contributed by atoms with van der Waals surface area (Å²) in [5.41, 5.74) is -0.296. The Kier molecular flexibility index (Phi) is 10.0. The molecule has 0 heterocycles. The number of unbranched alkanes of at least 4 members (excludes halogenated alkanes) is 2. The fourth-order valence-corrected chi connectivity index (χ4v) is 3.71. The SMILES string of the molecule is CCCCC(C)(C)C(O)C=CC1C(O)CC(=O)C1CC(=O)CCCCC(=O)O. The lowest BCUT2D eigenvalue weighted by atomic mass is 9.80. The highest BCUT2D eigenvalue weighted by Gasteiger charge is 2.41. The zero-order chi connectivity index (χ0) is 21.3. The van der Waals surface area contributed by atoms with Crippen molar-refractivity contribution in [2.24, 2.45) is 17.3 Å². The third kappa shape index (κ3) is 7.84. The summed E-state index contributed by atoms with van der Waals surface area (Å²) in [6, 6.07) is 0. The van der Waals surface area contributed by atoms with E-state index >= 15 is 0 Å². The van der Waals surface area contributed by atoms with Crippen molar-refractivity contribution in [3.63, 3.8) is 0 Å². The Hall–Kier alpha value is -1.53. The predicted octanol–water partition coefficient (Wildman–Crippen LogP) is 3.29. The van der Waals surface area contributed by atoms with Crippen LogP contribution in [0.3, 0.4) is 0 Å². The van der Waals surface area contributed by atoms with Crippen LogP contribution in [0, 0.1) is 17.3 Å². The zero-order valence-corrected chi connectivity index (χ0v) is 17.4. The summed E-state index contributed by atoms with van der Waals surface area (Å²) in [7, 11) is 0. The van der Waals surface area contributed by atoms with Crippen LogP contribution in [0.2, 0.25) is 0 Å². The Morgan fingerprint density at radius 3 is 2.46 bits per heavy atom. The van der Waals surface area contributed by atoms with E-state index in [1.807, 2.05) is 13.8 Å². The van der Waals surface area contributed by atoms with Gasteiger partial charge in [-0.15, -0.1) is 0 Å². The van der Waals surface area contributed by atoms with Gasteiger partial charge in [-0.05, 0) is 24.7 Å². The van der Waals surface area contributed by atoms with Crippen molar-refractivity contribution in [1.82, 2.24) is 0 Å². The Bertz CT molecular complexity index is 565. The molecule has 0 bridgehead atoms. The maximum absolute atomic E-state index is 12.2. The van der Waals surface area contributed by atoms with Crippen LogP contribution in [-0.2, 0) is 14.4 Å². The molecule has 3 N–H and O–H groups in total. The van der Waals surface area contributed by atoms with Gasteiger partial charge in [-0.3, -0.25) is 14.4 Å². The quantitative estimate of drug-likeness (QED) is 0.325. The number of carbonyl (C=O) groups is 3. The number of aliphatic hydroxyl groups is 2. The summed E-state index contributed by atoms with van der Waals surface area (Å²) in [5.74, 6) is -2.12. The van der Waals surface area contributed by atoms with Gasteiger partial charge in [0.1, 0.15) is 11.6 Å². The lowest BCUT2D eigenvalue weighted by Crippen LogP contribution is -2.28. The molecule has 0 amide bonds. The van der Waals surface area contributed by atoms with Crippen LogP contribution in [0.1, 0.15) is 78.6 Å². The predicted molar refractivity (Wildman–Crippen MR) is 107 cm³/mol. The molecule has 0 aromatic rings. The third-order valence-corrected chi connectivity index (χ3v) is 5.77. The fraction of sp³-hybridized carbons (Fsp3) is 0.773. The van der Waals surface area contributed by atoms with E-state index in [0.29, 0.717) is 12.8 Å². The molecular formula is C22H36O6. The molecule has 0 aromatic carbocycles. The van der Waals surface area contributed by atoms with E-state index in [-0.39, 0.29) is 42.7 Å². The van der Waals surface area contributed by atoms with Crippen molar-refractivity contribution in [3.05, 3.63) is 12.2 Å². The third-order valence-electron chi connectivity index (χ3n) is 5.77. The van der Waals surface area contributed by atoms with Crippen molar-refractivity contribution in [1.29, 1.82) is 0 Å². The first-order valence-corrected chi connectivity index (χ1v) is 10.4. The van der Waals surface area contributed by atoms with Gasteiger partial charge in [0.15, 0.2) is 0 Å². The summed E-state index contributed by atoms with van der Waals surface area (Å²) in [6.45, 7) is 6.08. The highest BCUT2D eigenvalue weighted by Crippen LogP contribution is 2.35. The van der Waals surface area contributed by atoms with Gasteiger partial charge in [0, 0.05) is 37.5 Å². The first kappa shape index (κ1) is 24.5. The molecule has 0 aromatic heterocycles. The Morgan fingerprint density at radius 2 is 1.86 bits per heavy atom. The number of carboxylic acids is 1. The van der Waals surface area contributed by atoms with Gasteiger partial charge in [0.25, 0.3) is 0 Å². The second kappa shape index (κ2) is 11.5. The van der Waals surface area contributed by atoms with Crippen LogP contribution in [-0.4, -0.2) is 45.1 Å². The first-order valence-electron chi connectivity index (χ1n) is 10.4. The molecule has 0 spiro atoms. The van der Waals surface area contributed by atoms with Crippen molar-refractivity contribution in [3.8, 4) is 0 Å². The Balaban J connectivity index is 2.66. The number of ketones is 2. The van der Waals surface area contributed by atoms with Crippen LogP contribution in [0.4, 0.5) is 0 Å². The van der Waals surface area contributed by atoms with E-state index in [1.54, 1.807) is 12.2 Å². The number of aliphatic carboxylic acids is 1. The largest absolute Gasteiger partial charge is 0.481 e. The lowest BCUT2D eigenvalue weighted by Gasteiger charge is -2.29. The summed E-state index contributed by atoms with van der Waals surface area (Å²) in [6.07, 6.45) is 6.07. The second-order valence-electron chi connectivity index (χ2n) is 8.69. The highest BCUT2D eigenvalue weighted by molar-refractivity contribution is 5.90. The maximum Gasteiger partial charge on any atom is 0.303 e. The molecule has 0 radical (unpaired) electrons. The number of carbonyl (C=O) groups excluding carboxylic acids is 2. The molecule has 4 unspecified atom stereocenters. The van der Waals surface area contributed by atoms with Crippen LogP contribution >= 0.6 is 0 Å². The summed E-state index contributed by atoms with van der Waals surface area (Å²) >= 11 is 0. The average Bonchev–Trinajstić information content (AvgIpc) is 2.87. The van der Waals surface area contributed by atoms with Gasteiger partial charge in [-0.25, -0.2) is 0 Å². The minimum absolute atomic E-state index is 0.0291. The molecule has 28 heavy (non-hydrogen) atoms. The number of rotatable bonds is 13. The van der Waals surface area contributed by atoms with Crippen LogP contribution < -0.4 is 0 Å². The molecule has 1 rings (SSSR count). The average molecular weight is 397 g/mol. The fourth-order valence-electron chi connectivity index (χ4n) is 3.71. The van der Waals surface area contributed by atoms with Crippen molar-refractivity contribution < 1.29 is 29.7 Å². The van der Waals surface area contributed by atoms with E-state index in [1.165, 1.54) is 0 Å². The normalized spacial score (nSPS) is 24.0. The van der Waals surface area contributed by atoms with Crippen molar-refractivity contribution >= 4 is 17.5 Å². The first-order chi connectivity index (χ1) is 13.1. The molecule has 6 nitrogen and oxygen atoms in total. The molecule has 1 aliphatic carbocycles. The molecule has 1 aliphatic rings. The van der Waals surface area contributed by atoms with E-state index < -0.39 is 30.0 Å². The lowest BCUT2D eigenvalue weighted by molar-refractivity contribution is -0.137. The van der Waals surface area contributed by atoms with Gasteiger partial charge in [-0.1, -0.05) is 45.8 Å². The summed E-state index contributed by atoms with van der Waals surface area (Å²) in [5, 5.41) is 29.4. The van der Waals surface area contributed by atoms with Gasteiger partial charge in [-0.2, -0.15) is 0 Å². The van der Waals surface area contributed by atoms with Gasteiger partial charge >= 0.3 is 5.97 Å². The number of aliphatic hydroxyl groups excluding tert-OH is 2. The zero-order valence-electron chi connectivity index (χ0n) is 17.4. The minimum atomic E-state index is -0.882. The number of hydrogen-bond donors (Lipinski definition) is 3. The maximum atomic E-state index is 12.2. The standard InChI is InChI=1S/C22H36O6/c1-4-5-12-22(2,3)20(26)11-10-16-17(19(25)14-18(16)24)13-15(23)8-6-7-9-21(27)28/h10-11,16-18,20,24,26H,4-9,12-14H2,1-3H3,(H,27,28).